The fourth-order valence-corrected chi connectivity index (χ4v) is 6.09. The molecule has 0 radical (unpaired) electrons. The third-order valence-electron chi connectivity index (χ3n) is 5.92. The monoisotopic (exact) mass is 497 g/mol. The van der Waals surface area contributed by atoms with Crippen LogP contribution in [0, 0.1) is 6.92 Å². The van der Waals surface area contributed by atoms with E-state index in [2.05, 4.69) is 17.0 Å². The van der Waals surface area contributed by atoms with Gasteiger partial charge in [0.2, 0.25) is 0 Å². The lowest BCUT2D eigenvalue weighted by atomic mass is 10.0. The van der Waals surface area contributed by atoms with Crippen molar-refractivity contribution < 1.29 is 18.0 Å². The van der Waals surface area contributed by atoms with Gasteiger partial charge in [0.05, 0.1) is 0 Å². The Kier molecular flexibility index (Phi) is 7.04. The predicted molar refractivity (Wildman–Crippen MR) is 135 cm³/mol. The van der Waals surface area contributed by atoms with E-state index in [9.17, 15) is 18.0 Å². The molecule has 7 nitrogen and oxygen atoms in total. The molecule has 0 spiro atoms. The van der Waals surface area contributed by atoms with Crippen LogP contribution in [0.2, 0.25) is 0 Å². The van der Waals surface area contributed by atoms with Crippen LogP contribution < -0.4 is 10.0 Å². The molecule has 1 unspecified atom stereocenters. The summed E-state index contributed by atoms with van der Waals surface area (Å²) in [6.45, 7) is 4.69. The molecule has 2 amide bonds. The number of thiophene rings is 1. The van der Waals surface area contributed by atoms with Crippen LogP contribution in [0.4, 0.5) is 11.4 Å². The van der Waals surface area contributed by atoms with Crippen LogP contribution in [0.15, 0.2) is 64.2 Å². The van der Waals surface area contributed by atoms with Gasteiger partial charge in [0.15, 0.2) is 0 Å². The van der Waals surface area contributed by atoms with Crippen molar-refractivity contribution in [1.82, 2.24) is 4.90 Å². The van der Waals surface area contributed by atoms with E-state index < -0.39 is 10.0 Å². The molecule has 1 aromatic heterocycles. The zero-order valence-corrected chi connectivity index (χ0v) is 20.7. The number of carbonyl (C=O) groups excluding carboxylic acids is 2. The van der Waals surface area contributed by atoms with Gasteiger partial charge in [-0.05, 0) is 86.5 Å². The summed E-state index contributed by atoms with van der Waals surface area (Å²) in [7, 11) is -3.70. The SMILES string of the molecule is Cc1cc(C(=O)N2CCCCC2C)ccc1NC(=O)c1cccc(NS(=O)(=O)c2cccs2)c1. The van der Waals surface area contributed by atoms with Crippen molar-refractivity contribution >= 4 is 44.5 Å². The molecule has 178 valence electrons. The zero-order chi connectivity index (χ0) is 24.3. The van der Waals surface area contributed by atoms with E-state index in [0.717, 1.165) is 42.7 Å². The molecule has 3 aromatic rings. The molecule has 1 fully saturated rings. The molecule has 2 aromatic carbocycles. The van der Waals surface area contributed by atoms with E-state index in [0.29, 0.717) is 22.5 Å². The van der Waals surface area contributed by atoms with Gasteiger partial charge in [-0.3, -0.25) is 14.3 Å². The van der Waals surface area contributed by atoms with E-state index in [1.165, 1.54) is 12.1 Å². The van der Waals surface area contributed by atoms with Gasteiger partial charge < -0.3 is 10.2 Å². The number of amides is 2. The number of nitrogens with one attached hydrogen (secondary N) is 2. The first-order valence-electron chi connectivity index (χ1n) is 11.1. The standard InChI is InChI=1S/C25H27N3O4S2/c1-17-15-20(25(30)28-13-4-3-7-18(28)2)11-12-22(17)26-24(29)19-8-5-9-21(16-19)27-34(31,32)23-10-6-14-33-23/h5-6,8-12,14-16,18,27H,3-4,7,13H2,1-2H3,(H,26,29). The number of rotatable bonds is 6. The van der Waals surface area contributed by atoms with E-state index >= 15 is 0 Å². The largest absolute Gasteiger partial charge is 0.336 e. The Morgan fingerprint density at radius 3 is 2.56 bits per heavy atom. The highest BCUT2D eigenvalue weighted by molar-refractivity contribution is 7.94. The summed E-state index contributed by atoms with van der Waals surface area (Å²) in [5, 5.41) is 4.55. The Hall–Kier alpha value is -3.17. The molecule has 0 aliphatic carbocycles. The number of carbonyl (C=O) groups is 2. The number of benzene rings is 2. The van der Waals surface area contributed by atoms with E-state index in [1.54, 1.807) is 47.8 Å². The average Bonchev–Trinajstić information content (AvgIpc) is 3.36. The van der Waals surface area contributed by atoms with Gasteiger partial charge in [-0.1, -0.05) is 12.1 Å². The number of piperidine rings is 1. The Morgan fingerprint density at radius 1 is 1.03 bits per heavy atom. The van der Waals surface area contributed by atoms with Crippen LogP contribution in [0.3, 0.4) is 0 Å². The van der Waals surface area contributed by atoms with Gasteiger partial charge in [-0.15, -0.1) is 11.3 Å². The highest BCUT2D eigenvalue weighted by Crippen LogP contribution is 2.24. The van der Waals surface area contributed by atoms with Gasteiger partial charge in [0.25, 0.3) is 21.8 Å². The minimum atomic E-state index is -3.70. The quantitative estimate of drug-likeness (QED) is 0.494. The van der Waals surface area contributed by atoms with Crippen LogP contribution in [-0.4, -0.2) is 37.7 Å². The number of nitrogens with zero attached hydrogens (tertiary/aromatic N) is 1. The molecular formula is C25H27N3O4S2. The first-order chi connectivity index (χ1) is 16.2. The lowest BCUT2D eigenvalue weighted by Gasteiger charge is -2.33. The van der Waals surface area contributed by atoms with Crippen LogP contribution >= 0.6 is 11.3 Å². The first-order valence-corrected chi connectivity index (χ1v) is 13.5. The van der Waals surface area contributed by atoms with Crippen molar-refractivity contribution in [3.63, 3.8) is 0 Å². The van der Waals surface area contributed by atoms with Gasteiger partial charge in [0, 0.05) is 35.1 Å². The lowest BCUT2D eigenvalue weighted by Crippen LogP contribution is -2.42. The summed E-state index contributed by atoms with van der Waals surface area (Å²) in [6, 6.07) is 15.0. The zero-order valence-electron chi connectivity index (χ0n) is 19.1. The molecule has 0 saturated carbocycles. The third-order valence-corrected chi connectivity index (χ3v) is 8.70. The van der Waals surface area contributed by atoms with Gasteiger partial charge >= 0.3 is 0 Å². The highest BCUT2D eigenvalue weighted by atomic mass is 32.2. The summed E-state index contributed by atoms with van der Waals surface area (Å²) in [4.78, 5) is 27.7. The van der Waals surface area contributed by atoms with E-state index in [-0.39, 0.29) is 22.1 Å². The van der Waals surface area contributed by atoms with Crippen LogP contribution in [-0.2, 0) is 10.0 Å². The summed E-state index contributed by atoms with van der Waals surface area (Å²) in [6.07, 6.45) is 3.18. The van der Waals surface area contributed by atoms with E-state index in [1.807, 2.05) is 11.8 Å². The smallest absolute Gasteiger partial charge is 0.271 e. The predicted octanol–water partition coefficient (Wildman–Crippen LogP) is 5.12. The molecular weight excluding hydrogens is 470 g/mol. The third kappa shape index (κ3) is 5.31. The summed E-state index contributed by atoms with van der Waals surface area (Å²) < 4.78 is 27.6. The maximum Gasteiger partial charge on any atom is 0.271 e. The molecule has 9 heteroatoms. The Balaban J connectivity index is 1.46. The number of hydrogen-bond donors (Lipinski definition) is 2. The lowest BCUT2D eigenvalue weighted by molar-refractivity contribution is 0.0635. The molecule has 1 saturated heterocycles. The maximum atomic E-state index is 12.9. The number of likely N-dealkylation sites (tertiary alicyclic amines) is 1. The number of sulfonamides is 1. The summed E-state index contributed by atoms with van der Waals surface area (Å²) in [5.41, 5.74) is 2.59. The van der Waals surface area contributed by atoms with Crippen molar-refractivity contribution in [3.8, 4) is 0 Å². The fourth-order valence-electron chi connectivity index (χ4n) is 4.04. The molecule has 1 atom stereocenters. The van der Waals surface area contributed by atoms with Crippen molar-refractivity contribution in [1.29, 1.82) is 0 Å². The van der Waals surface area contributed by atoms with Crippen molar-refractivity contribution in [2.75, 3.05) is 16.6 Å². The second-order valence-electron chi connectivity index (χ2n) is 8.45. The van der Waals surface area contributed by atoms with Crippen LogP contribution in [0.25, 0.3) is 0 Å². The van der Waals surface area contributed by atoms with Gasteiger partial charge in [-0.2, -0.15) is 0 Å². The van der Waals surface area contributed by atoms with Gasteiger partial charge in [-0.25, -0.2) is 8.42 Å². The first kappa shape index (κ1) is 24.0. The molecule has 0 bridgehead atoms. The highest BCUT2D eigenvalue weighted by Gasteiger charge is 2.24. The maximum absolute atomic E-state index is 12.9. The average molecular weight is 498 g/mol. The summed E-state index contributed by atoms with van der Waals surface area (Å²) >= 11 is 1.12. The van der Waals surface area contributed by atoms with Crippen molar-refractivity contribution in [2.45, 2.75) is 43.4 Å². The topological polar surface area (TPSA) is 95.6 Å². The van der Waals surface area contributed by atoms with Crippen molar-refractivity contribution in [2.24, 2.45) is 0 Å². The molecule has 4 rings (SSSR count). The Bertz CT molecular complexity index is 1300. The molecule has 1 aliphatic rings. The Morgan fingerprint density at radius 2 is 1.85 bits per heavy atom. The van der Waals surface area contributed by atoms with Crippen molar-refractivity contribution in [3.05, 3.63) is 76.7 Å². The molecule has 1 aliphatic heterocycles. The number of aryl methyl sites for hydroxylation is 1. The second-order valence-corrected chi connectivity index (χ2v) is 11.3. The molecule has 34 heavy (non-hydrogen) atoms. The van der Waals surface area contributed by atoms with Gasteiger partial charge in [0.1, 0.15) is 4.21 Å². The van der Waals surface area contributed by atoms with Crippen LogP contribution in [0.1, 0.15) is 52.5 Å². The fraction of sp³-hybridized carbons (Fsp3) is 0.280. The Labute approximate surface area is 203 Å². The second kappa shape index (κ2) is 9.99. The summed E-state index contributed by atoms with van der Waals surface area (Å²) in [5.74, 6) is -0.358. The van der Waals surface area contributed by atoms with Crippen LogP contribution in [0.5, 0.6) is 0 Å². The number of anilines is 2. The van der Waals surface area contributed by atoms with E-state index in [4.69, 9.17) is 0 Å². The minimum Gasteiger partial charge on any atom is -0.336 e. The molecule has 2 N–H and O–H groups in total. The molecule has 2 heterocycles. The minimum absolute atomic E-state index is 0.0129. The normalized spacial score (nSPS) is 16.2. The number of hydrogen-bond acceptors (Lipinski definition) is 5.